The Morgan fingerprint density at radius 2 is 2.32 bits per heavy atom. The molecule has 4 nitrogen and oxygen atoms in total. The van der Waals surface area contributed by atoms with Gasteiger partial charge in [-0.15, -0.1) is 11.3 Å². The van der Waals surface area contributed by atoms with Crippen molar-refractivity contribution < 1.29 is 14.6 Å². The van der Waals surface area contributed by atoms with Gasteiger partial charge in [0, 0.05) is 29.1 Å². The van der Waals surface area contributed by atoms with E-state index in [0.29, 0.717) is 25.1 Å². The summed E-state index contributed by atoms with van der Waals surface area (Å²) in [6, 6.07) is 9.56. The van der Waals surface area contributed by atoms with Gasteiger partial charge in [-0.05, 0) is 42.5 Å². The second-order valence-corrected chi connectivity index (χ2v) is 6.39. The third-order valence-corrected chi connectivity index (χ3v) is 4.91. The van der Waals surface area contributed by atoms with Crippen molar-refractivity contribution >= 4 is 22.9 Å². The molecule has 1 aliphatic rings. The van der Waals surface area contributed by atoms with Crippen molar-refractivity contribution in [3.8, 4) is 5.75 Å². The third-order valence-electron chi connectivity index (χ3n) is 3.98. The molecule has 1 aliphatic heterocycles. The van der Waals surface area contributed by atoms with Crippen molar-refractivity contribution in [1.82, 2.24) is 0 Å². The Balaban J connectivity index is 1.77. The lowest BCUT2D eigenvalue weighted by Gasteiger charge is -2.32. The van der Waals surface area contributed by atoms with Crippen LogP contribution < -0.4 is 9.64 Å². The van der Waals surface area contributed by atoms with E-state index in [1.807, 2.05) is 29.6 Å². The van der Waals surface area contributed by atoms with Crippen LogP contribution in [0, 0.1) is 0 Å². The number of anilines is 1. The topological polar surface area (TPSA) is 49.8 Å². The van der Waals surface area contributed by atoms with E-state index in [4.69, 9.17) is 4.74 Å². The molecule has 2 aromatic rings. The molecule has 1 aromatic heterocycles. The monoisotopic (exact) mass is 317 g/mol. The average molecular weight is 317 g/mol. The molecule has 0 radical (unpaired) electrons. The highest BCUT2D eigenvalue weighted by atomic mass is 32.1. The van der Waals surface area contributed by atoms with E-state index in [-0.39, 0.29) is 5.91 Å². The maximum atomic E-state index is 12.5. The van der Waals surface area contributed by atoms with Crippen LogP contribution in [-0.2, 0) is 11.2 Å². The van der Waals surface area contributed by atoms with E-state index in [1.54, 1.807) is 23.3 Å². The fourth-order valence-corrected chi connectivity index (χ4v) is 3.49. The first kappa shape index (κ1) is 15.1. The van der Waals surface area contributed by atoms with Crippen LogP contribution in [0.1, 0.15) is 29.4 Å². The van der Waals surface area contributed by atoms with Crippen molar-refractivity contribution in [3.05, 3.63) is 46.2 Å². The molecular formula is C17H19NO3S. The Hall–Kier alpha value is -1.85. The summed E-state index contributed by atoms with van der Waals surface area (Å²) < 4.78 is 5.21. The van der Waals surface area contributed by atoms with Crippen LogP contribution in [-0.4, -0.2) is 24.7 Å². The Morgan fingerprint density at radius 1 is 1.45 bits per heavy atom. The van der Waals surface area contributed by atoms with Gasteiger partial charge in [0.25, 0.3) is 0 Å². The van der Waals surface area contributed by atoms with E-state index >= 15 is 0 Å². The van der Waals surface area contributed by atoms with Gasteiger partial charge in [0.15, 0.2) is 0 Å². The maximum absolute atomic E-state index is 12.5. The van der Waals surface area contributed by atoms with Crippen molar-refractivity contribution in [2.24, 2.45) is 0 Å². The highest BCUT2D eigenvalue weighted by molar-refractivity contribution is 7.09. The number of aliphatic hydroxyl groups excluding tert-OH is 1. The number of fused-ring (bicyclic) bond motifs is 1. The predicted octanol–water partition coefficient (Wildman–Crippen LogP) is 3.16. The van der Waals surface area contributed by atoms with Crippen LogP contribution in [0.15, 0.2) is 35.7 Å². The standard InChI is InChI=1S/C17H19NO3S/c1-21-12-4-6-15-14(11-12)16(19)8-9-18(15)17(20)7-5-13-3-2-10-22-13/h2-4,6,10-11,16,19H,5,7-9H2,1H3. The number of rotatable bonds is 4. The summed E-state index contributed by atoms with van der Waals surface area (Å²) in [4.78, 5) is 15.5. The van der Waals surface area contributed by atoms with E-state index in [0.717, 1.165) is 17.7 Å². The van der Waals surface area contributed by atoms with Crippen molar-refractivity contribution in [2.45, 2.75) is 25.4 Å². The quantitative estimate of drug-likeness (QED) is 0.942. The fourth-order valence-electron chi connectivity index (χ4n) is 2.78. The summed E-state index contributed by atoms with van der Waals surface area (Å²) in [5.41, 5.74) is 1.57. The minimum atomic E-state index is -0.536. The van der Waals surface area contributed by atoms with Crippen LogP contribution >= 0.6 is 11.3 Å². The van der Waals surface area contributed by atoms with Gasteiger partial charge in [0.2, 0.25) is 5.91 Å². The van der Waals surface area contributed by atoms with Gasteiger partial charge in [0.05, 0.1) is 13.2 Å². The molecule has 116 valence electrons. The first-order valence-corrected chi connectivity index (χ1v) is 8.26. The first-order valence-electron chi connectivity index (χ1n) is 7.38. The molecule has 1 unspecified atom stereocenters. The van der Waals surface area contributed by atoms with Gasteiger partial charge in [-0.1, -0.05) is 6.07 Å². The molecule has 1 aromatic carbocycles. The van der Waals surface area contributed by atoms with Crippen LogP contribution in [0.3, 0.4) is 0 Å². The lowest BCUT2D eigenvalue weighted by atomic mass is 9.98. The number of aliphatic hydroxyl groups is 1. The lowest BCUT2D eigenvalue weighted by molar-refractivity contribution is -0.118. The fraction of sp³-hybridized carbons (Fsp3) is 0.353. The number of methoxy groups -OCH3 is 1. The van der Waals surface area contributed by atoms with E-state index in [9.17, 15) is 9.90 Å². The number of amides is 1. The molecule has 0 aliphatic carbocycles. The van der Waals surface area contributed by atoms with Gasteiger partial charge in [-0.25, -0.2) is 0 Å². The predicted molar refractivity (Wildman–Crippen MR) is 87.6 cm³/mol. The minimum absolute atomic E-state index is 0.103. The highest BCUT2D eigenvalue weighted by Gasteiger charge is 2.27. The van der Waals surface area contributed by atoms with Crippen LogP contribution in [0.5, 0.6) is 5.75 Å². The van der Waals surface area contributed by atoms with Crippen molar-refractivity contribution in [2.75, 3.05) is 18.6 Å². The van der Waals surface area contributed by atoms with E-state index < -0.39 is 6.10 Å². The molecule has 0 saturated heterocycles. The van der Waals surface area contributed by atoms with Gasteiger partial charge in [0.1, 0.15) is 5.75 Å². The number of nitrogens with zero attached hydrogens (tertiary/aromatic N) is 1. The second-order valence-electron chi connectivity index (χ2n) is 5.35. The summed E-state index contributed by atoms with van der Waals surface area (Å²) in [7, 11) is 1.60. The number of ether oxygens (including phenoxy) is 1. The molecule has 5 heteroatoms. The number of hydrogen-bond acceptors (Lipinski definition) is 4. The molecule has 2 heterocycles. The molecule has 0 spiro atoms. The SMILES string of the molecule is COc1ccc2c(c1)C(O)CCN2C(=O)CCc1cccs1. The molecule has 1 atom stereocenters. The Kier molecular flexibility index (Phi) is 4.45. The smallest absolute Gasteiger partial charge is 0.227 e. The number of carbonyl (C=O) groups is 1. The molecule has 0 bridgehead atoms. The zero-order valence-corrected chi connectivity index (χ0v) is 13.3. The van der Waals surface area contributed by atoms with Gasteiger partial charge >= 0.3 is 0 Å². The number of benzene rings is 1. The molecule has 3 rings (SSSR count). The zero-order valence-electron chi connectivity index (χ0n) is 12.5. The first-order chi connectivity index (χ1) is 10.7. The van der Waals surface area contributed by atoms with Crippen molar-refractivity contribution in [1.29, 1.82) is 0 Å². The molecule has 22 heavy (non-hydrogen) atoms. The van der Waals surface area contributed by atoms with Gasteiger partial charge in [-0.2, -0.15) is 0 Å². The maximum Gasteiger partial charge on any atom is 0.227 e. The minimum Gasteiger partial charge on any atom is -0.497 e. The highest BCUT2D eigenvalue weighted by Crippen LogP contribution is 2.36. The van der Waals surface area contributed by atoms with E-state index in [2.05, 4.69) is 6.07 Å². The van der Waals surface area contributed by atoms with E-state index in [1.165, 1.54) is 4.88 Å². The Bertz CT molecular complexity index is 654. The molecule has 1 N–H and O–H groups in total. The molecule has 0 saturated carbocycles. The summed E-state index contributed by atoms with van der Waals surface area (Å²) in [6.07, 6.45) is 1.28. The summed E-state index contributed by atoms with van der Waals surface area (Å²) in [6.45, 7) is 0.559. The summed E-state index contributed by atoms with van der Waals surface area (Å²) in [5.74, 6) is 0.803. The number of hydrogen-bond donors (Lipinski definition) is 1. The van der Waals surface area contributed by atoms with Crippen LogP contribution in [0.25, 0.3) is 0 Å². The number of aryl methyl sites for hydroxylation is 1. The van der Waals surface area contributed by atoms with Crippen LogP contribution in [0.4, 0.5) is 5.69 Å². The van der Waals surface area contributed by atoms with Gasteiger partial charge in [-0.3, -0.25) is 4.79 Å². The third kappa shape index (κ3) is 3.00. The van der Waals surface area contributed by atoms with Crippen molar-refractivity contribution in [3.63, 3.8) is 0 Å². The summed E-state index contributed by atoms with van der Waals surface area (Å²) >= 11 is 1.68. The number of carbonyl (C=O) groups excluding carboxylic acids is 1. The van der Waals surface area contributed by atoms with Crippen LogP contribution in [0.2, 0.25) is 0 Å². The lowest BCUT2D eigenvalue weighted by Crippen LogP contribution is -2.36. The molecule has 0 fully saturated rings. The average Bonchev–Trinajstić information content (AvgIpc) is 3.06. The largest absolute Gasteiger partial charge is 0.497 e. The zero-order chi connectivity index (χ0) is 15.5. The van der Waals surface area contributed by atoms with Gasteiger partial charge < -0.3 is 14.7 Å². The Labute approximate surface area is 134 Å². The molecular weight excluding hydrogens is 298 g/mol. The molecule has 1 amide bonds. The Morgan fingerprint density at radius 3 is 3.05 bits per heavy atom. The summed E-state index contributed by atoms with van der Waals surface area (Å²) in [5, 5.41) is 12.2. The number of thiophene rings is 1. The second kappa shape index (κ2) is 6.50. The normalized spacial score (nSPS) is 17.2.